The van der Waals surface area contributed by atoms with Crippen molar-refractivity contribution in [3.63, 3.8) is 0 Å². The lowest BCUT2D eigenvalue weighted by Crippen LogP contribution is -1.91. The average Bonchev–Trinajstić information content (AvgIpc) is 2.82. The first-order valence-electron chi connectivity index (χ1n) is 6.45. The number of hydrogen-bond donors (Lipinski definition) is 0. The van der Waals surface area contributed by atoms with Gasteiger partial charge in [0.1, 0.15) is 5.75 Å². The van der Waals surface area contributed by atoms with Crippen LogP contribution < -0.4 is 4.74 Å². The molecule has 1 aromatic heterocycles. The van der Waals surface area contributed by atoms with Crippen molar-refractivity contribution in [1.29, 1.82) is 0 Å². The van der Waals surface area contributed by atoms with E-state index >= 15 is 0 Å². The summed E-state index contributed by atoms with van der Waals surface area (Å²) >= 11 is 1.75. The third-order valence-corrected chi connectivity index (χ3v) is 4.36. The molecule has 0 saturated heterocycles. The summed E-state index contributed by atoms with van der Waals surface area (Å²) in [5.41, 5.74) is 3.41. The number of fused-ring (bicyclic) bond motifs is 1. The van der Waals surface area contributed by atoms with Gasteiger partial charge in [0.25, 0.3) is 0 Å². The van der Waals surface area contributed by atoms with Gasteiger partial charge in [0.2, 0.25) is 0 Å². The van der Waals surface area contributed by atoms with Crippen LogP contribution in [0.25, 0.3) is 11.0 Å². The Morgan fingerprint density at radius 2 is 1.95 bits per heavy atom. The molecular weight excluding hydrogens is 268 g/mol. The Labute approximate surface area is 122 Å². The smallest absolute Gasteiger partial charge is 0.169 e. The van der Waals surface area contributed by atoms with Gasteiger partial charge in [0.05, 0.1) is 18.1 Å². The Kier molecular flexibility index (Phi) is 3.65. The number of methoxy groups -OCH3 is 1. The van der Waals surface area contributed by atoms with Crippen molar-refractivity contribution < 1.29 is 4.74 Å². The Bertz CT molecular complexity index is 722. The first-order chi connectivity index (χ1) is 9.78. The summed E-state index contributed by atoms with van der Waals surface area (Å²) in [6.45, 7) is 0. The molecule has 0 aliphatic carbocycles. The number of aromatic nitrogens is 2. The number of imidazole rings is 1. The topological polar surface area (TPSA) is 27.1 Å². The second-order valence-electron chi connectivity index (χ2n) is 4.58. The molecular formula is C16H16N2OS. The van der Waals surface area contributed by atoms with Crippen LogP contribution in [0.3, 0.4) is 0 Å². The predicted octanol–water partition coefficient (Wildman–Crippen LogP) is 3.87. The van der Waals surface area contributed by atoms with Gasteiger partial charge in [-0.3, -0.25) is 0 Å². The van der Waals surface area contributed by atoms with E-state index in [1.165, 1.54) is 5.56 Å². The van der Waals surface area contributed by atoms with Crippen LogP contribution in [0, 0.1) is 0 Å². The number of benzene rings is 2. The molecule has 0 aliphatic rings. The Hall–Kier alpha value is -1.94. The van der Waals surface area contributed by atoms with E-state index in [-0.39, 0.29) is 0 Å². The predicted molar refractivity (Wildman–Crippen MR) is 83.3 cm³/mol. The molecule has 0 unspecified atom stereocenters. The minimum Gasteiger partial charge on any atom is -0.497 e. The highest BCUT2D eigenvalue weighted by Gasteiger charge is 2.09. The van der Waals surface area contributed by atoms with E-state index in [4.69, 9.17) is 4.74 Å². The summed E-state index contributed by atoms with van der Waals surface area (Å²) in [6.07, 6.45) is 0. The molecule has 3 aromatic rings. The molecule has 0 radical (unpaired) electrons. The number of nitrogens with zero attached hydrogens (tertiary/aromatic N) is 2. The van der Waals surface area contributed by atoms with E-state index in [2.05, 4.69) is 40.9 Å². The van der Waals surface area contributed by atoms with Crippen molar-refractivity contribution >= 4 is 22.8 Å². The zero-order valence-electron chi connectivity index (χ0n) is 11.5. The summed E-state index contributed by atoms with van der Waals surface area (Å²) in [7, 11) is 3.73. The SMILES string of the molecule is COc1ccc2c(c1)nc(SCc1ccccc1)n2C. The zero-order chi connectivity index (χ0) is 13.9. The van der Waals surface area contributed by atoms with Crippen LogP contribution >= 0.6 is 11.8 Å². The van der Waals surface area contributed by atoms with Gasteiger partial charge in [-0.2, -0.15) is 0 Å². The third-order valence-electron chi connectivity index (χ3n) is 3.26. The van der Waals surface area contributed by atoms with Crippen molar-refractivity contribution in [3.8, 4) is 5.75 Å². The zero-order valence-corrected chi connectivity index (χ0v) is 12.4. The fourth-order valence-corrected chi connectivity index (χ4v) is 3.08. The van der Waals surface area contributed by atoms with Crippen molar-refractivity contribution in [2.24, 2.45) is 7.05 Å². The highest BCUT2D eigenvalue weighted by Crippen LogP contribution is 2.27. The molecule has 1 heterocycles. The van der Waals surface area contributed by atoms with Crippen molar-refractivity contribution in [2.45, 2.75) is 10.9 Å². The van der Waals surface area contributed by atoms with Crippen LogP contribution in [0.1, 0.15) is 5.56 Å². The van der Waals surface area contributed by atoms with E-state index in [1.807, 2.05) is 24.3 Å². The summed E-state index contributed by atoms with van der Waals surface area (Å²) in [5, 5.41) is 1.03. The van der Waals surface area contributed by atoms with Gasteiger partial charge in [0.15, 0.2) is 5.16 Å². The lowest BCUT2D eigenvalue weighted by molar-refractivity contribution is 0.415. The number of ether oxygens (including phenoxy) is 1. The molecule has 0 fully saturated rings. The normalized spacial score (nSPS) is 10.9. The molecule has 0 amide bonds. The standard InChI is InChI=1S/C16H16N2OS/c1-18-15-9-8-13(19-2)10-14(15)17-16(18)20-11-12-6-4-3-5-7-12/h3-10H,11H2,1-2H3. The van der Waals surface area contributed by atoms with Gasteiger partial charge in [0, 0.05) is 18.9 Å². The molecule has 3 rings (SSSR count). The fourth-order valence-electron chi connectivity index (χ4n) is 2.14. The maximum atomic E-state index is 5.24. The Balaban J connectivity index is 1.86. The second kappa shape index (κ2) is 5.59. The highest BCUT2D eigenvalue weighted by molar-refractivity contribution is 7.98. The summed E-state index contributed by atoms with van der Waals surface area (Å²) in [6, 6.07) is 16.4. The maximum Gasteiger partial charge on any atom is 0.169 e. The van der Waals surface area contributed by atoms with Crippen LogP contribution in [0.15, 0.2) is 53.7 Å². The largest absolute Gasteiger partial charge is 0.497 e. The molecule has 4 heteroatoms. The monoisotopic (exact) mass is 284 g/mol. The highest BCUT2D eigenvalue weighted by atomic mass is 32.2. The van der Waals surface area contributed by atoms with E-state index in [0.717, 1.165) is 27.7 Å². The van der Waals surface area contributed by atoms with E-state index < -0.39 is 0 Å². The van der Waals surface area contributed by atoms with Crippen LogP contribution in [-0.4, -0.2) is 16.7 Å². The van der Waals surface area contributed by atoms with Crippen LogP contribution in [0.4, 0.5) is 0 Å². The van der Waals surface area contributed by atoms with Gasteiger partial charge in [-0.25, -0.2) is 4.98 Å². The first kappa shape index (κ1) is 13.1. The van der Waals surface area contributed by atoms with E-state index in [9.17, 15) is 0 Å². The van der Waals surface area contributed by atoms with Crippen LogP contribution in [0.5, 0.6) is 5.75 Å². The first-order valence-corrected chi connectivity index (χ1v) is 7.43. The summed E-state index contributed by atoms with van der Waals surface area (Å²) in [5.74, 6) is 1.77. The third kappa shape index (κ3) is 2.51. The van der Waals surface area contributed by atoms with Gasteiger partial charge in [-0.1, -0.05) is 42.1 Å². The lowest BCUT2D eigenvalue weighted by Gasteiger charge is -2.02. The minimum absolute atomic E-state index is 0.843. The summed E-state index contributed by atoms with van der Waals surface area (Å²) in [4.78, 5) is 4.68. The Morgan fingerprint density at radius 3 is 2.70 bits per heavy atom. The maximum absolute atomic E-state index is 5.24. The number of rotatable bonds is 4. The van der Waals surface area contributed by atoms with Gasteiger partial charge < -0.3 is 9.30 Å². The van der Waals surface area contributed by atoms with Crippen molar-refractivity contribution in [3.05, 3.63) is 54.1 Å². The molecule has 102 valence electrons. The van der Waals surface area contributed by atoms with E-state index in [0.29, 0.717) is 0 Å². The molecule has 0 bridgehead atoms. The van der Waals surface area contributed by atoms with Crippen LogP contribution in [0.2, 0.25) is 0 Å². The average molecular weight is 284 g/mol. The number of aryl methyl sites for hydroxylation is 1. The quantitative estimate of drug-likeness (QED) is 0.680. The molecule has 0 N–H and O–H groups in total. The molecule has 0 spiro atoms. The molecule has 0 atom stereocenters. The van der Waals surface area contributed by atoms with E-state index in [1.54, 1.807) is 18.9 Å². The van der Waals surface area contributed by atoms with Gasteiger partial charge in [-0.15, -0.1) is 0 Å². The summed E-state index contributed by atoms with van der Waals surface area (Å²) < 4.78 is 7.37. The fraction of sp³-hybridized carbons (Fsp3) is 0.188. The second-order valence-corrected chi connectivity index (χ2v) is 5.52. The lowest BCUT2D eigenvalue weighted by atomic mass is 10.2. The molecule has 3 nitrogen and oxygen atoms in total. The minimum atomic E-state index is 0.843. The van der Waals surface area contributed by atoms with Crippen molar-refractivity contribution in [1.82, 2.24) is 9.55 Å². The molecule has 0 aliphatic heterocycles. The van der Waals surface area contributed by atoms with Gasteiger partial charge in [-0.05, 0) is 17.7 Å². The molecule has 0 saturated carbocycles. The van der Waals surface area contributed by atoms with Crippen LogP contribution in [-0.2, 0) is 12.8 Å². The number of thioether (sulfide) groups is 1. The van der Waals surface area contributed by atoms with Crippen molar-refractivity contribution in [2.75, 3.05) is 7.11 Å². The Morgan fingerprint density at radius 1 is 1.15 bits per heavy atom. The molecule has 2 aromatic carbocycles. The van der Waals surface area contributed by atoms with Gasteiger partial charge >= 0.3 is 0 Å². The molecule has 20 heavy (non-hydrogen) atoms. The number of hydrogen-bond acceptors (Lipinski definition) is 3.